The van der Waals surface area contributed by atoms with Crippen molar-refractivity contribution >= 4 is 5.91 Å². The Hall–Kier alpha value is -1.39. The first-order chi connectivity index (χ1) is 10.1. The van der Waals surface area contributed by atoms with E-state index < -0.39 is 0 Å². The summed E-state index contributed by atoms with van der Waals surface area (Å²) in [5.74, 6) is -0.201. The molecule has 1 amide bonds. The smallest absolute Gasteiger partial charge is 0.224 e. The van der Waals surface area contributed by atoms with Crippen LogP contribution in [0, 0.1) is 5.92 Å². The predicted octanol–water partition coefficient (Wildman–Crippen LogP) is 2.17. The maximum atomic E-state index is 12.2. The van der Waals surface area contributed by atoms with Gasteiger partial charge >= 0.3 is 0 Å². The van der Waals surface area contributed by atoms with Crippen LogP contribution in [0.15, 0.2) is 30.3 Å². The van der Waals surface area contributed by atoms with E-state index >= 15 is 0 Å². The highest BCUT2D eigenvalue weighted by Gasteiger charge is 2.21. The molecule has 0 saturated heterocycles. The Kier molecular flexibility index (Phi) is 8.01. The van der Waals surface area contributed by atoms with Crippen molar-refractivity contribution in [3.05, 3.63) is 35.9 Å². The normalized spacial score (nSPS) is 14.0. The Morgan fingerprint density at radius 1 is 1.24 bits per heavy atom. The lowest BCUT2D eigenvalue weighted by Gasteiger charge is -2.22. The number of nitrogens with zero attached hydrogens (tertiary/aromatic N) is 1. The second-order valence-corrected chi connectivity index (χ2v) is 5.45. The standard InChI is InChI=1S/C17H29N3O/c1-4-12-20(5-2)13-11-19-17(21)14(3)16(18)15-9-7-6-8-10-15/h6-10,14,16H,4-5,11-13,18H2,1-3H3,(H,19,21). The van der Waals surface area contributed by atoms with Crippen LogP contribution >= 0.6 is 0 Å². The van der Waals surface area contributed by atoms with Crippen LogP contribution < -0.4 is 11.1 Å². The van der Waals surface area contributed by atoms with Gasteiger partial charge in [-0.3, -0.25) is 4.79 Å². The number of likely N-dealkylation sites (N-methyl/N-ethyl adjacent to an activating group) is 1. The van der Waals surface area contributed by atoms with Gasteiger partial charge in [0.1, 0.15) is 0 Å². The van der Waals surface area contributed by atoms with Gasteiger partial charge in [0.2, 0.25) is 5.91 Å². The molecular weight excluding hydrogens is 262 g/mol. The number of rotatable bonds is 9. The minimum Gasteiger partial charge on any atom is -0.355 e. The number of hydrogen-bond acceptors (Lipinski definition) is 3. The van der Waals surface area contributed by atoms with Gasteiger partial charge in [-0.05, 0) is 25.1 Å². The average molecular weight is 291 g/mol. The summed E-state index contributed by atoms with van der Waals surface area (Å²) in [7, 11) is 0. The zero-order valence-corrected chi connectivity index (χ0v) is 13.5. The summed E-state index contributed by atoms with van der Waals surface area (Å²) in [5.41, 5.74) is 7.17. The summed E-state index contributed by atoms with van der Waals surface area (Å²) in [6.45, 7) is 9.86. The lowest BCUT2D eigenvalue weighted by molar-refractivity contribution is -0.125. The highest BCUT2D eigenvalue weighted by Crippen LogP contribution is 2.18. The summed E-state index contributed by atoms with van der Waals surface area (Å²) in [6.07, 6.45) is 1.14. The van der Waals surface area contributed by atoms with Crippen LogP contribution in [0.25, 0.3) is 0 Å². The van der Waals surface area contributed by atoms with Gasteiger partial charge in [-0.1, -0.05) is 51.1 Å². The summed E-state index contributed by atoms with van der Waals surface area (Å²) in [4.78, 5) is 14.5. The maximum Gasteiger partial charge on any atom is 0.224 e. The third kappa shape index (κ3) is 5.86. The van der Waals surface area contributed by atoms with Gasteiger partial charge in [0.15, 0.2) is 0 Å². The number of carbonyl (C=O) groups is 1. The minimum absolute atomic E-state index is 0.0268. The third-order valence-corrected chi connectivity index (χ3v) is 3.85. The van der Waals surface area contributed by atoms with E-state index in [1.54, 1.807) is 0 Å². The van der Waals surface area contributed by atoms with Gasteiger partial charge in [0.05, 0.1) is 5.92 Å². The molecule has 0 bridgehead atoms. The first kappa shape index (κ1) is 17.7. The molecule has 1 rings (SSSR count). The van der Waals surface area contributed by atoms with Gasteiger partial charge < -0.3 is 16.0 Å². The Morgan fingerprint density at radius 2 is 1.90 bits per heavy atom. The van der Waals surface area contributed by atoms with Crippen molar-refractivity contribution in [2.24, 2.45) is 11.7 Å². The minimum atomic E-state index is -0.260. The number of carbonyl (C=O) groups excluding carboxylic acids is 1. The molecule has 0 aliphatic rings. The zero-order valence-electron chi connectivity index (χ0n) is 13.5. The van der Waals surface area contributed by atoms with E-state index in [0.29, 0.717) is 6.54 Å². The number of nitrogens with one attached hydrogen (secondary N) is 1. The van der Waals surface area contributed by atoms with Crippen LogP contribution in [0.5, 0.6) is 0 Å². The molecule has 4 nitrogen and oxygen atoms in total. The van der Waals surface area contributed by atoms with E-state index in [4.69, 9.17) is 5.73 Å². The van der Waals surface area contributed by atoms with Crippen LogP contribution in [0.4, 0.5) is 0 Å². The van der Waals surface area contributed by atoms with Gasteiger partial charge in [0, 0.05) is 19.1 Å². The van der Waals surface area contributed by atoms with Crippen LogP contribution in [0.3, 0.4) is 0 Å². The molecule has 1 aromatic rings. The molecule has 0 radical (unpaired) electrons. The predicted molar refractivity (Wildman–Crippen MR) is 87.9 cm³/mol. The average Bonchev–Trinajstić information content (AvgIpc) is 2.53. The highest BCUT2D eigenvalue weighted by molar-refractivity contribution is 5.79. The number of hydrogen-bond donors (Lipinski definition) is 2. The van der Waals surface area contributed by atoms with Crippen molar-refractivity contribution in [2.45, 2.75) is 33.2 Å². The fraction of sp³-hybridized carbons (Fsp3) is 0.588. The molecule has 118 valence electrons. The van der Waals surface area contributed by atoms with Crippen molar-refractivity contribution < 1.29 is 4.79 Å². The first-order valence-electron chi connectivity index (χ1n) is 7.90. The molecular formula is C17H29N3O. The number of nitrogens with two attached hydrogens (primary N) is 1. The Labute approximate surface area is 128 Å². The molecule has 4 heteroatoms. The quantitative estimate of drug-likeness (QED) is 0.733. The molecule has 0 aliphatic carbocycles. The van der Waals surface area contributed by atoms with E-state index in [0.717, 1.165) is 31.6 Å². The fourth-order valence-corrected chi connectivity index (χ4v) is 2.37. The van der Waals surface area contributed by atoms with Crippen LogP contribution in [0.1, 0.15) is 38.8 Å². The molecule has 2 unspecified atom stereocenters. The van der Waals surface area contributed by atoms with Gasteiger partial charge in [-0.25, -0.2) is 0 Å². The molecule has 1 aromatic carbocycles. The SMILES string of the molecule is CCCN(CC)CCNC(=O)C(C)C(N)c1ccccc1. The highest BCUT2D eigenvalue weighted by atomic mass is 16.1. The molecule has 0 saturated carbocycles. The van der Waals surface area contributed by atoms with E-state index in [1.165, 1.54) is 0 Å². The first-order valence-corrected chi connectivity index (χ1v) is 7.90. The van der Waals surface area contributed by atoms with Crippen molar-refractivity contribution in [3.8, 4) is 0 Å². The third-order valence-electron chi connectivity index (χ3n) is 3.85. The zero-order chi connectivity index (χ0) is 15.7. The molecule has 0 spiro atoms. The van der Waals surface area contributed by atoms with Crippen LogP contribution in [-0.4, -0.2) is 37.0 Å². The Bertz CT molecular complexity index is 408. The summed E-state index contributed by atoms with van der Waals surface area (Å²) < 4.78 is 0. The second kappa shape index (κ2) is 9.53. The van der Waals surface area contributed by atoms with Crippen LogP contribution in [0.2, 0.25) is 0 Å². The van der Waals surface area contributed by atoms with Crippen molar-refractivity contribution in [3.63, 3.8) is 0 Å². The van der Waals surface area contributed by atoms with Crippen molar-refractivity contribution in [2.75, 3.05) is 26.2 Å². The Morgan fingerprint density at radius 3 is 2.48 bits per heavy atom. The molecule has 2 atom stereocenters. The number of amides is 1. The molecule has 0 heterocycles. The molecule has 21 heavy (non-hydrogen) atoms. The van der Waals surface area contributed by atoms with Gasteiger partial charge in [0.25, 0.3) is 0 Å². The number of benzene rings is 1. The van der Waals surface area contributed by atoms with Crippen molar-refractivity contribution in [1.29, 1.82) is 0 Å². The van der Waals surface area contributed by atoms with Crippen molar-refractivity contribution in [1.82, 2.24) is 10.2 Å². The molecule has 3 N–H and O–H groups in total. The monoisotopic (exact) mass is 291 g/mol. The Balaban J connectivity index is 2.41. The summed E-state index contributed by atoms with van der Waals surface area (Å²) >= 11 is 0. The second-order valence-electron chi connectivity index (χ2n) is 5.45. The van der Waals surface area contributed by atoms with E-state index in [-0.39, 0.29) is 17.9 Å². The van der Waals surface area contributed by atoms with Gasteiger partial charge in [-0.2, -0.15) is 0 Å². The molecule has 0 fully saturated rings. The fourth-order valence-electron chi connectivity index (χ4n) is 2.37. The lowest BCUT2D eigenvalue weighted by Crippen LogP contribution is -2.40. The summed E-state index contributed by atoms with van der Waals surface area (Å²) in [6, 6.07) is 9.52. The van der Waals surface area contributed by atoms with E-state index in [2.05, 4.69) is 24.1 Å². The van der Waals surface area contributed by atoms with Gasteiger partial charge in [-0.15, -0.1) is 0 Å². The topological polar surface area (TPSA) is 58.4 Å². The van der Waals surface area contributed by atoms with E-state index in [9.17, 15) is 4.79 Å². The lowest BCUT2D eigenvalue weighted by atomic mass is 9.95. The molecule has 0 aromatic heterocycles. The van der Waals surface area contributed by atoms with E-state index in [1.807, 2.05) is 37.3 Å². The largest absolute Gasteiger partial charge is 0.355 e. The molecule has 0 aliphatic heterocycles. The summed E-state index contributed by atoms with van der Waals surface area (Å²) in [5, 5.41) is 3.00. The van der Waals surface area contributed by atoms with Crippen LogP contribution in [-0.2, 0) is 4.79 Å². The maximum absolute atomic E-state index is 12.2.